The molecule has 7 heteroatoms. The van der Waals surface area contributed by atoms with Gasteiger partial charge in [-0.3, -0.25) is 0 Å². The van der Waals surface area contributed by atoms with E-state index < -0.39 is 21.6 Å². The smallest absolute Gasteiger partial charge is 0.309 e. The molecular weight excluding hydrogens is 363 g/mol. The van der Waals surface area contributed by atoms with Gasteiger partial charge in [-0.2, -0.15) is 13.2 Å². The van der Waals surface area contributed by atoms with Crippen LogP contribution in [0.2, 0.25) is 0 Å². The molecule has 0 spiro atoms. The number of nitrogens with zero attached hydrogens (tertiary/aromatic N) is 1. The summed E-state index contributed by atoms with van der Waals surface area (Å²) in [4.78, 5) is 2.00. The predicted molar refractivity (Wildman–Crippen MR) is 93.6 cm³/mol. The molecule has 0 aliphatic carbocycles. The lowest BCUT2D eigenvalue weighted by atomic mass is 9.94. The molecule has 26 heavy (non-hydrogen) atoms. The van der Waals surface area contributed by atoms with Crippen molar-refractivity contribution in [3.05, 3.63) is 65.2 Å². The van der Waals surface area contributed by atoms with Gasteiger partial charge in [-0.1, -0.05) is 24.3 Å². The third-order valence-corrected chi connectivity index (χ3v) is 6.15. The predicted octanol–water partition coefficient (Wildman–Crippen LogP) is 4.24. The Bertz CT molecular complexity index is 977. The van der Waals surface area contributed by atoms with Crippen LogP contribution < -0.4 is 0 Å². The summed E-state index contributed by atoms with van der Waals surface area (Å²) in [6.07, 6.45) is -2.14. The minimum atomic E-state index is -4.54. The van der Waals surface area contributed by atoms with Crippen molar-refractivity contribution in [2.24, 2.45) is 0 Å². The van der Waals surface area contributed by atoms with Gasteiger partial charge in [-0.15, -0.1) is 0 Å². The molecular formula is C19H18F3NO2S. The Morgan fingerprint density at radius 1 is 1.00 bits per heavy atom. The normalized spacial score (nSPS) is 17.2. The first kappa shape index (κ1) is 18.7. The average molecular weight is 381 g/mol. The SMILES string of the molecule is CN(C)CC/C=C1\c2ccccc2S(=O)(=O)c2ccc(C(F)(F)F)cc21. The van der Waals surface area contributed by atoms with Crippen molar-refractivity contribution in [2.75, 3.05) is 20.6 Å². The largest absolute Gasteiger partial charge is 0.416 e. The second-order valence-electron chi connectivity index (χ2n) is 6.42. The number of hydrogen-bond donors (Lipinski definition) is 0. The summed E-state index contributed by atoms with van der Waals surface area (Å²) < 4.78 is 65.2. The first-order valence-electron chi connectivity index (χ1n) is 8.03. The van der Waals surface area contributed by atoms with Crippen LogP contribution in [-0.2, 0) is 16.0 Å². The van der Waals surface area contributed by atoms with E-state index in [1.54, 1.807) is 18.2 Å². The highest BCUT2D eigenvalue weighted by molar-refractivity contribution is 7.91. The number of rotatable bonds is 3. The summed E-state index contributed by atoms with van der Waals surface area (Å²) in [6.45, 7) is 0.701. The maximum atomic E-state index is 13.2. The molecule has 2 aromatic rings. The Balaban J connectivity index is 2.25. The topological polar surface area (TPSA) is 37.4 Å². The lowest BCUT2D eigenvalue weighted by Gasteiger charge is -2.24. The van der Waals surface area contributed by atoms with Crippen molar-refractivity contribution < 1.29 is 21.6 Å². The molecule has 2 aromatic carbocycles. The lowest BCUT2D eigenvalue weighted by molar-refractivity contribution is -0.137. The van der Waals surface area contributed by atoms with Crippen LogP contribution in [0.4, 0.5) is 13.2 Å². The van der Waals surface area contributed by atoms with E-state index >= 15 is 0 Å². The Labute approximate surface area is 150 Å². The highest BCUT2D eigenvalue weighted by Crippen LogP contribution is 2.43. The number of fused-ring (bicyclic) bond motifs is 2. The van der Waals surface area contributed by atoms with E-state index in [2.05, 4.69) is 0 Å². The molecule has 1 heterocycles. The first-order valence-corrected chi connectivity index (χ1v) is 9.51. The van der Waals surface area contributed by atoms with Gasteiger partial charge in [0.05, 0.1) is 15.4 Å². The molecule has 1 aliphatic rings. The Kier molecular flexibility index (Phi) is 4.71. The third-order valence-electron chi connectivity index (χ3n) is 4.28. The van der Waals surface area contributed by atoms with E-state index in [4.69, 9.17) is 0 Å². The Morgan fingerprint density at radius 3 is 2.31 bits per heavy atom. The summed E-state index contributed by atoms with van der Waals surface area (Å²) in [5.41, 5.74) is 0.220. The molecule has 0 saturated heterocycles. The minimum absolute atomic E-state index is 0.0831. The number of alkyl halides is 3. The molecule has 0 unspecified atom stereocenters. The van der Waals surface area contributed by atoms with Crippen molar-refractivity contribution in [1.29, 1.82) is 0 Å². The molecule has 0 atom stereocenters. The standard InChI is InChI=1S/C19H18F3NO2S/c1-23(2)11-5-7-14-15-6-3-4-8-17(15)26(24,25)18-10-9-13(12-16(14)18)19(20,21)22/h3-4,6-10,12H,5,11H2,1-2H3/b14-7+. The van der Waals surface area contributed by atoms with E-state index in [-0.39, 0.29) is 15.4 Å². The molecule has 3 nitrogen and oxygen atoms in total. The van der Waals surface area contributed by atoms with Crippen LogP contribution in [-0.4, -0.2) is 34.0 Å². The molecule has 1 aliphatic heterocycles. The molecule has 0 amide bonds. The van der Waals surface area contributed by atoms with Crippen LogP contribution in [0.25, 0.3) is 5.57 Å². The van der Waals surface area contributed by atoms with E-state index in [1.807, 2.05) is 25.1 Å². The van der Waals surface area contributed by atoms with Crippen molar-refractivity contribution >= 4 is 15.4 Å². The molecule has 0 aromatic heterocycles. The maximum Gasteiger partial charge on any atom is 0.416 e. The van der Waals surface area contributed by atoms with Crippen LogP contribution in [0, 0.1) is 0 Å². The fourth-order valence-electron chi connectivity index (χ4n) is 3.03. The van der Waals surface area contributed by atoms with Crippen molar-refractivity contribution in [3.63, 3.8) is 0 Å². The lowest BCUT2D eigenvalue weighted by Crippen LogP contribution is -2.16. The number of hydrogen-bond acceptors (Lipinski definition) is 3. The summed E-state index contributed by atoms with van der Waals surface area (Å²) in [7, 11) is -0.0639. The van der Waals surface area contributed by atoms with Crippen molar-refractivity contribution in [2.45, 2.75) is 22.4 Å². The van der Waals surface area contributed by atoms with Crippen LogP contribution in [0.3, 0.4) is 0 Å². The van der Waals surface area contributed by atoms with Crippen molar-refractivity contribution in [1.82, 2.24) is 4.90 Å². The zero-order valence-corrected chi connectivity index (χ0v) is 15.2. The zero-order chi connectivity index (χ0) is 19.1. The van der Waals surface area contributed by atoms with Gasteiger partial charge in [0.1, 0.15) is 0 Å². The minimum Gasteiger partial charge on any atom is -0.309 e. The van der Waals surface area contributed by atoms with Crippen LogP contribution >= 0.6 is 0 Å². The molecule has 0 fully saturated rings. The van der Waals surface area contributed by atoms with Crippen LogP contribution in [0.1, 0.15) is 23.1 Å². The van der Waals surface area contributed by atoms with Crippen LogP contribution in [0.5, 0.6) is 0 Å². The molecule has 3 rings (SSSR count). The second-order valence-corrected chi connectivity index (χ2v) is 8.30. The Morgan fingerprint density at radius 2 is 1.65 bits per heavy atom. The van der Waals surface area contributed by atoms with Gasteiger partial charge in [0.15, 0.2) is 0 Å². The number of halogens is 3. The fourth-order valence-corrected chi connectivity index (χ4v) is 4.69. The average Bonchev–Trinajstić information content (AvgIpc) is 2.56. The van der Waals surface area contributed by atoms with Gasteiger partial charge in [0.25, 0.3) is 0 Å². The van der Waals surface area contributed by atoms with Gasteiger partial charge in [-0.25, -0.2) is 8.42 Å². The number of benzene rings is 2. The van der Waals surface area contributed by atoms with Gasteiger partial charge >= 0.3 is 6.18 Å². The summed E-state index contributed by atoms with van der Waals surface area (Å²) in [5, 5.41) is 0. The van der Waals surface area contributed by atoms with E-state index in [9.17, 15) is 21.6 Å². The third kappa shape index (κ3) is 3.29. The van der Waals surface area contributed by atoms with E-state index in [0.29, 0.717) is 24.1 Å². The highest BCUT2D eigenvalue weighted by Gasteiger charge is 2.36. The molecule has 0 bridgehead atoms. The summed E-state index contributed by atoms with van der Waals surface area (Å²) in [6, 6.07) is 9.24. The van der Waals surface area contributed by atoms with Crippen LogP contribution in [0.15, 0.2) is 58.3 Å². The van der Waals surface area contributed by atoms with E-state index in [1.165, 1.54) is 6.07 Å². The number of sulfone groups is 1. The molecule has 0 N–H and O–H groups in total. The highest BCUT2D eigenvalue weighted by atomic mass is 32.2. The van der Waals surface area contributed by atoms with Gasteiger partial charge in [0.2, 0.25) is 9.84 Å². The molecule has 0 saturated carbocycles. The summed E-state index contributed by atoms with van der Waals surface area (Å²) in [5.74, 6) is 0. The zero-order valence-electron chi connectivity index (χ0n) is 14.3. The molecule has 138 valence electrons. The second kappa shape index (κ2) is 6.55. The first-order chi connectivity index (χ1) is 12.1. The Hall–Kier alpha value is -2.12. The van der Waals surface area contributed by atoms with Gasteiger partial charge in [-0.05, 0) is 50.4 Å². The summed E-state index contributed by atoms with van der Waals surface area (Å²) >= 11 is 0. The van der Waals surface area contributed by atoms with E-state index in [0.717, 1.165) is 18.2 Å². The van der Waals surface area contributed by atoms with Gasteiger partial charge in [0, 0.05) is 17.7 Å². The quantitative estimate of drug-likeness (QED) is 0.681. The van der Waals surface area contributed by atoms with Gasteiger partial charge < -0.3 is 4.90 Å². The monoisotopic (exact) mass is 381 g/mol. The molecule has 0 radical (unpaired) electrons. The van der Waals surface area contributed by atoms with Crippen molar-refractivity contribution in [3.8, 4) is 0 Å². The fraction of sp³-hybridized carbons (Fsp3) is 0.263. The maximum absolute atomic E-state index is 13.2.